The summed E-state index contributed by atoms with van der Waals surface area (Å²) < 4.78 is 4.86. The van der Waals surface area contributed by atoms with Gasteiger partial charge in [0.1, 0.15) is 5.75 Å². The Morgan fingerprint density at radius 3 is 1.96 bits per heavy atom. The molecule has 0 atom stereocenters. The van der Waals surface area contributed by atoms with Crippen molar-refractivity contribution in [1.29, 1.82) is 0 Å². The van der Waals surface area contributed by atoms with Crippen LogP contribution < -0.4 is 4.74 Å². The number of halogens is 2. The average Bonchev–Trinajstić information content (AvgIpc) is 2.63. The summed E-state index contributed by atoms with van der Waals surface area (Å²) in [6.45, 7) is -0.415. The van der Waals surface area contributed by atoms with E-state index in [2.05, 4.69) is 0 Å². The second-order valence-corrected chi connectivity index (χ2v) is 8.34. The van der Waals surface area contributed by atoms with Gasteiger partial charge in [-0.05, 0) is 36.5 Å². The molecule has 0 bridgehead atoms. The third-order valence-electron chi connectivity index (χ3n) is 5.36. The Morgan fingerprint density at radius 2 is 1.50 bits per heavy atom. The zero-order valence-corrected chi connectivity index (χ0v) is 16.9. The van der Waals surface area contributed by atoms with Crippen LogP contribution in [0.1, 0.15) is 70.6 Å². The predicted molar refractivity (Wildman–Crippen MR) is 107 cm³/mol. The number of aliphatic carboxylic acids is 1. The van der Waals surface area contributed by atoms with Gasteiger partial charge in [-0.25, -0.2) is 4.79 Å². The molecule has 3 nitrogen and oxygen atoms in total. The van der Waals surface area contributed by atoms with Crippen LogP contribution in [0.15, 0.2) is 18.2 Å². The first-order valence-corrected chi connectivity index (χ1v) is 10.6. The first-order valence-electron chi connectivity index (χ1n) is 9.84. The Balaban J connectivity index is 0.000000187. The van der Waals surface area contributed by atoms with Crippen LogP contribution in [0.3, 0.4) is 0 Å². The Labute approximate surface area is 167 Å². The highest BCUT2D eigenvalue weighted by molar-refractivity contribution is 6.35. The normalized spacial score (nSPS) is 18.7. The van der Waals surface area contributed by atoms with Gasteiger partial charge in [0.05, 0.1) is 5.02 Å². The maximum Gasteiger partial charge on any atom is 0.341 e. The largest absolute Gasteiger partial charge is 0.480 e. The summed E-state index contributed by atoms with van der Waals surface area (Å²) in [6.07, 6.45) is 16.9. The van der Waals surface area contributed by atoms with Crippen LogP contribution in [0, 0.1) is 11.8 Å². The van der Waals surface area contributed by atoms with Gasteiger partial charge in [-0.15, -0.1) is 0 Å². The molecule has 26 heavy (non-hydrogen) atoms. The second kappa shape index (κ2) is 11.7. The first-order chi connectivity index (χ1) is 12.5. The lowest BCUT2D eigenvalue weighted by atomic mass is 9.78. The lowest BCUT2D eigenvalue weighted by Gasteiger charge is -2.28. The van der Waals surface area contributed by atoms with Crippen molar-refractivity contribution in [2.75, 3.05) is 6.61 Å². The van der Waals surface area contributed by atoms with Gasteiger partial charge in [0.2, 0.25) is 0 Å². The van der Waals surface area contributed by atoms with Gasteiger partial charge >= 0.3 is 5.97 Å². The lowest BCUT2D eigenvalue weighted by molar-refractivity contribution is -0.139. The van der Waals surface area contributed by atoms with Gasteiger partial charge < -0.3 is 9.84 Å². The number of rotatable bonds is 5. The Morgan fingerprint density at radius 1 is 0.962 bits per heavy atom. The van der Waals surface area contributed by atoms with E-state index < -0.39 is 12.6 Å². The molecule has 0 aliphatic heterocycles. The van der Waals surface area contributed by atoms with Crippen molar-refractivity contribution in [3.63, 3.8) is 0 Å². The van der Waals surface area contributed by atoms with E-state index in [1.165, 1.54) is 50.7 Å². The number of carboxylic acid groups (broad SMARTS) is 1. The van der Waals surface area contributed by atoms with E-state index in [-0.39, 0.29) is 0 Å². The van der Waals surface area contributed by atoms with Crippen molar-refractivity contribution >= 4 is 29.2 Å². The third kappa shape index (κ3) is 8.18. The minimum atomic E-state index is -1.05. The van der Waals surface area contributed by atoms with Crippen molar-refractivity contribution in [1.82, 2.24) is 0 Å². The first kappa shape index (κ1) is 21.4. The molecule has 2 fully saturated rings. The molecule has 1 N–H and O–H groups in total. The van der Waals surface area contributed by atoms with Crippen LogP contribution in [0.2, 0.25) is 10.0 Å². The Bertz CT molecular complexity index is 534. The minimum Gasteiger partial charge on any atom is -0.480 e. The van der Waals surface area contributed by atoms with Gasteiger partial charge in [-0.1, -0.05) is 87.4 Å². The zero-order chi connectivity index (χ0) is 18.8. The van der Waals surface area contributed by atoms with E-state index in [4.69, 9.17) is 33.0 Å². The average molecular weight is 401 g/mol. The van der Waals surface area contributed by atoms with Crippen LogP contribution in [0.25, 0.3) is 0 Å². The van der Waals surface area contributed by atoms with Crippen molar-refractivity contribution < 1.29 is 14.6 Å². The van der Waals surface area contributed by atoms with Gasteiger partial charge in [0, 0.05) is 5.02 Å². The molecule has 1 aromatic rings. The predicted octanol–water partition coefficient (Wildman–Crippen LogP) is 6.99. The fraction of sp³-hybridized carbons (Fsp3) is 0.667. The van der Waals surface area contributed by atoms with E-state index in [9.17, 15) is 4.79 Å². The molecular weight excluding hydrogens is 371 g/mol. The lowest BCUT2D eigenvalue weighted by Crippen LogP contribution is -2.14. The summed E-state index contributed by atoms with van der Waals surface area (Å²) >= 11 is 11.3. The summed E-state index contributed by atoms with van der Waals surface area (Å²) in [5.74, 6) is 1.51. The molecule has 0 aromatic heterocycles. The van der Waals surface area contributed by atoms with Crippen molar-refractivity contribution in [2.45, 2.75) is 70.6 Å². The highest BCUT2D eigenvalue weighted by Gasteiger charge is 2.20. The minimum absolute atomic E-state index is 0.300. The number of benzene rings is 1. The molecule has 5 heteroatoms. The molecule has 0 amide bonds. The molecule has 1 aromatic carbocycles. The van der Waals surface area contributed by atoms with Gasteiger partial charge in [-0.2, -0.15) is 0 Å². The maximum atomic E-state index is 10.2. The van der Waals surface area contributed by atoms with E-state index >= 15 is 0 Å². The quantitative estimate of drug-likeness (QED) is 0.578. The topological polar surface area (TPSA) is 46.5 Å². The molecule has 146 valence electrons. The molecule has 0 spiro atoms. The SMILES string of the molecule is C1CCC(CC2CCCCC2)CC1.O=C(O)COc1ccc(Cl)cc1Cl. The van der Waals surface area contributed by atoms with Crippen molar-refractivity contribution in [3.8, 4) is 5.75 Å². The molecule has 0 unspecified atom stereocenters. The van der Waals surface area contributed by atoms with Gasteiger partial charge in [0.25, 0.3) is 0 Å². The highest BCUT2D eigenvalue weighted by Crippen LogP contribution is 2.34. The second-order valence-electron chi connectivity index (χ2n) is 7.50. The molecular formula is C21H30Cl2O3. The van der Waals surface area contributed by atoms with Crippen LogP contribution >= 0.6 is 23.2 Å². The highest BCUT2D eigenvalue weighted by atomic mass is 35.5. The van der Waals surface area contributed by atoms with Crippen molar-refractivity contribution in [2.24, 2.45) is 11.8 Å². The summed E-state index contributed by atoms with van der Waals surface area (Å²) in [7, 11) is 0. The number of hydrogen-bond donors (Lipinski definition) is 1. The maximum absolute atomic E-state index is 10.2. The molecule has 2 aliphatic carbocycles. The molecule has 2 aliphatic rings. The number of hydrogen-bond acceptors (Lipinski definition) is 2. The van der Waals surface area contributed by atoms with Gasteiger partial charge in [0.15, 0.2) is 6.61 Å². The Hall–Kier alpha value is -0.930. The van der Waals surface area contributed by atoms with Crippen LogP contribution in [-0.4, -0.2) is 17.7 Å². The fourth-order valence-electron chi connectivity index (χ4n) is 4.05. The summed E-state index contributed by atoms with van der Waals surface area (Å²) in [4.78, 5) is 10.2. The summed E-state index contributed by atoms with van der Waals surface area (Å²) in [6, 6.07) is 4.58. The van der Waals surface area contributed by atoms with Crippen LogP contribution in [0.4, 0.5) is 0 Å². The number of ether oxygens (including phenoxy) is 1. The smallest absolute Gasteiger partial charge is 0.341 e. The Kier molecular flexibility index (Phi) is 9.63. The van der Waals surface area contributed by atoms with Gasteiger partial charge in [-0.3, -0.25) is 0 Å². The molecule has 0 saturated heterocycles. The molecule has 2 saturated carbocycles. The third-order valence-corrected chi connectivity index (χ3v) is 5.89. The standard InChI is InChI=1S/C13H24.C8H6Cl2O3/c1-3-7-12(8-4-1)11-13-9-5-2-6-10-13;9-5-1-2-7(6(10)3-5)13-4-8(11)12/h12-13H,1-11H2;1-3H,4H2,(H,11,12). The monoisotopic (exact) mass is 400 g/mol. The van der Waals surface area contributed by atoms with Crippen LogP contribution in [-0.2, 0) is 4.79 Å². The van der Waals surface area contributed by atoms with Crippen LogP contribution in [0.5, 0.6) is 5.75 Å². The number of carbonyl (C=O) groups is 1. The number of carboxylic acids is 1. The zero-order valence-electron chi connectivity index (χ0n) is 15.4. The van der Waals surface area contributed by atoms with Crippen molar-refractivity contribution in [3.05, 3.63) is 28.2 Å². The molecule has 3 rings (SSSR count). The van der Waals surface area contributed by atoms with E-state index in [1.54, 1.807) is 38.2 Å². The fourth-order valence-corrected chi connectivity index (χ4v) is 4.51. The summed E-state index contributed by atoms with van der Waals surface area (Å²) in [5.41, 5.74) is 0. The molecule has 0 radical (unpaired) electrons. The van der Waals surface area contributed by atoms with E-state index in [1.807, 2.05) is 0 Å². The van der Waals surface area contributed by atoms with E-state index in [0.29, 0.717) is 15.8 Å². The summed E-state index contributed by atoms with van der Waals surface area (Å²) in [5, 5.41) is 9.11. The van der Waals surface area contributed by atoms with E-state index in [0.717, 1.165) is 11.8 Å². The molecule has 0 heterocycles.